The molecule has 0 aliphatic carbocycles. The molecule has 0 saturated heterocycles. The summed E-state index contributed by atoms with van der Waals surface area (Å²) in [6.45, 7) is 0.403. The van der Waals surface area contributed by atoms with Crippen LogP contribution in [0.1, 0.15) is 5.56 Å². The molecule has 0 bridgehead atoms. The fourth-order valence-corrected chi connectivity index (χ4v) is 2.89. The van der Waals surface area contributed by atoms with E-state index >= 15 is 0 Å². The van der Waals surface area contributed by atoms with Crippen molar-refractivity contribution < 1.29 is 9.47 Å². The van der Waals surface area contributed by atoms with Gasteiger partial charge in [0.25, 0.3) is 5.56 Å². The maximum Gasteiger partial charge on any atom is 0.258 e. The van der Waals surface area contributed by atoms with Crippen LogP contribution in [0.15, 0.2) is 47.4 Å². The predicted molar refractivity (Wildman–Crippen MR) is 96.9 cm³/mol. The van der Waals surface area contributed by atoms with Crippen LogP contribution >= 0.6 is 23.2 Å². The number of halogens is 2. The fraction of sp³-hybridized carbons (Fsp3) is 0.167. The zero-order valence-corrected chi connectivity index (χ0v) is 14.7. The van der Waals surface area contributed by atoms with Crippen molar-refractivity contribution in [3.8, 4) is 11.5 Å². The van der Waals surface area contributed by atoms with E-state index in [9.17, 15) is 4.79 Å². The number of pyridine rings is 1. The minimum atomic E-state index is -0.112. The lowest BCUT2D eigenvalue weighted by Gasteiger charge is -2.11. The number of aromatic nitrogens is 1. The summed E-state index contributed by atoms with van der Waals surface area (Å²) in [5.41, 5.74) is 0.783. The van der Waals surface area contributed by atoms with Gasteiger partial charge < -0.3 is 14.0 Å². The summed E-state index contributed by atoms with van der Waals surface area (Å²) >= 11 is 12.0. The number of benzene rings is 2. The quantitative estimate of drug-likeness (QED) is 0.690. The Kier molecular flexibility index (Phi) is 4.69. The Bertz CT molecular complexity index is 966. The van der Waals surface area contributed by atoms with Crippen LogP contribution in [0.2, 0.25) is 10.0 Å². The average molecular weight is 364 g/mol. The SMILES string of the molecule is COc1cc2ccn(Cc3ccc(Cl)c(Cl)c3)c(=O)c2cc1OC. The predicted octanol–water partition coefficient (Wildman–Crippen LogP) is 4.37. The summed E-state index contributed by atoms with van der Waals surface area (Å²) in [7, 11) is 3.11. The van der Waals surface area contributed by atoms with Crippen molar-refractivity contribution in [2.45, 2.75) is 6.54 Å². The fourth-order valence-electron chi connectivity index (χ4n) is 2.57. The first kappa shape index (κ1) is 16.7. The first-order valence-electron chi connectivity index (χ1n) is 7.22. The summed E-state index contributed by atoms with van der Waals surface area (Å²) in [5, 5.41) is 2.32. The Labute approximate surface area is 149 Å². The summed E-state index contributed by atoms with van der Waals surface area (Å²) < 4.78 is 12.2. The maximum atomic E-state index is 12.8. The lowest BCUT2D eigenvalue weighted by molar-refractivity contribution is 0.356. The molecule has 0 atom stereocenters. The smallest absolute Gasteiger partial charge is 0.258 e. The van der Waals surface area contributed by atoms with Crippen molar-refractivity contribution in [2.75, 3.05) is 14.2 Å². The zero-order valence-electron chi connectivity index (χ0n) is 13.2. The molecule has 0 amide bonds. The molecule has 124 valence electrons. The van der Waals surface area contributed by atoms with Gasteiger partial charge in [-0.1, -0.05) is 29.3 Å². The Morgan fingerprint density at radius 1 is 0.958 bits per heavy atom. The highest BCUT2D eigenvalue weighted by atomic mass is 35.5. The topological polar surface area (TPSA) is 40.5 Å². The van der Waals surface area contributed by atoms with Crippen LogP contribution in [0.5, 0.6) is 11.5 Å². The largest absolute Gasteiger partial charge is 0.493 e. The highest BCUT2D eigenvalue weighted by Gasteiger charge is 2.10. The normalized spacial score (nSPS) is 10.8. The van der Waals surface area contributed by atoms with Crippen molar-refractivity contribution in [3.05, 3.63) is 68.6 Å². The molecular formula is C18H15Cl2NO3. The number of hydrogen-bond acceptors (Lipinski definition) is 3. The minimum absolute atomic E-state index is 0.112. The van der Waals surface area contributed by atoms with Crippen LogP contribution in [0, 0.1) is 0 Å². The van der Waals surface area contributed by atoms with E-state index in [-0.39, 0.29) is 5.56 Å². The van der Waals surface area contributed by atoms with E-state index in [0.29, 0.717) is 33.5 Å². The van der Waals surface area contributed by atoms with Gasteiger partial charge in [-0.25, -0.2) is 0 Å². The van der Waals surface area contributed by atoms with Crippen LogP contribution in [-0.2, 0) is 6.54 Å². The van der Waals surface area contributed by atoms with Gasteiger partial charge in [-0.15, -0.1) is 0 Å². The van der Waals surface area contributed by atoms with Crippen molar-refractivity contribution in [1.82, 2.24) is 4.57 Å². The van der Waals surface area contributed by atoms with Crippen LogP contribution in [0.3, 0.4) is 0 Å². The van der Waals surface area contributed by atoms with E-state index in [2.05, 4.69) is 0 Å². The molecule has 3 rings (SSSR count). The summed E-state index contributed by atoms with van der Waals surface area (Å²) in [6.07, 6.45) is 1.75. The molecule has 0 radical (unpaired) electrons. The lowest BCUT2D eigenvalue weighted by atomic mass is 10.1. The number of rotatable bonds is 4. The molecule has 0 N–H and O–H groups in total. The van der Waals surface area contributed by atoms with Gasteiger partial charge >= 0.3 is 0 Å². The molecule has 4 nitrogen and oxygen atoms in total. The highest BCUT2D eigenvalue weighted by molar-refractivity contribution is 6.42. The highest BCUT2D eigenvalue weighted by Crippen LogP contribution is 2.30. The Morgan fingerprint density at radius 2 is 1.67 bits per heavy atom. The number of ether oxygens (including phenoxy) is 2. The third-order valence-corrected chi connectivity index (χ3v) is 4.56. The number of nitrogens with zero attached hydrogens (tertiary/aromatic N) is 1. The van der Waals surface area contributed by atoms with Gasteiger partial charge in [-0.05, 0) is 41.3 Å². The second kappa shape index (κ2) is 6.75. The van der Waals surface area contributed by atoms with Gasteiger partial charge in [0, 0.05) is 6.20 Å². The molecule has 0 spiro atoms. The molecular weight excluding hydrogens is 349 g/mol. The molecule has 2 aromatic carbocycles. The average Bonchev–Trinajstić information content (AvgIpc) is 2.59. The molecule has 0 saturated carbocycles. The first-order chi connectivity index (χ1) is 11.5. The molecule has 0 aliphatic heterocycles. The van der Waals surface area contributed by atoms with E-state index in [1.54, 1.807) is 49.2 Å². The second-order valence-electron chi connectivity index (χ2n) is 5.29. The van der Waals surface area contributed by atoms with Crippen LogP contribution in [0.25, 0.3) is 10.8 Å². The Hall–Kier alpha value is -2.17. The third kappa shape index (κ3) is 3.07. The van der Waals surface area contributed by atoms with Crippen molar-refractivity contribution >= 4 is 34.0 Å². The Morgan fingerprint density at radius 3 is 2.33 bits per heavy atom. The van der Waals surface area contributed by atoms with Crippen LogP contribution in [0.4, 0.5) is 0 Å². The minimum Gasteiger partial charge on any atom is -0.493 e. The maximum absolute atomic E-state index is 12.8. The third-order valence-electron chi connectivity index (χ3n) is 3.82. The summed E-state index contributed by atoms with van der Waals surface area (Å²) in [4.78, 5) is 12.8. The summed E-state index contributed by atoms with van der Waals surface area (Å²) in [6, 6.07) is 10.7. The molecule has 24 heavy (non-hydrogen) atoms. The van der Waals surface area contributed by atoms with Gasteiger partial charge in [-0.3, -0.25) is 4.79 Å². The molecule has 0 aliphatic rings. The first-order valence-corrected chi connectivity index (χ1v) is 7.98. The van der Waals surface area contributed by atoms with Crippen molar-refractivity contribution in [1.29, 1.82) is 0 Å². The van der Waals surface area contributed by atoms with E-state index in [1.165, 1.54) is 0 Å². The number of hydrogen-bond donors (Lipinski definition) is 0. The van der Waals surface area contributed by atoms with Gasteiger partial charge in [0.15, 0.2) is 11.5 Å². The van der Waals surface area contributed by atoms with Gasteiger partial charge in [0.2, 0.25) is 0 Å². The van der Waals surface area contributed by atoms with E-state index in [1.807, 2.05) is 12.1 Å². The number of methoxy groups -OCH3 is 2. The Balaban J connectivity index is 2.07. The molecule has 1 aromatic heterocycles. The number of fused-ring (bicyclic) bond motifs is 1. The summed E-state index contributed by atoms with van der Waals surface area (Å²) in [5.74, 6) is 1.11. The van der Waals surface area contributed by atoms with Crippen LogP contribution < -0.4 is 15.0 Å². The zero-order chi connectivity index (χ0) is 17.3. The van der Waals surface area contributed by atoms with Gasteiger partial charge in [0.1, 0.15) is 0 Å². The monoisotopic (exact) mass is 363 g/mol. The second-order valence-corrected chi connectivity index (χ2v) is 6.11. The molecule has 0 fully saturated rings. The molecule has 6 heteroatoms. The van der Waals surface area contributed by atoms with E-state index < -0.39 is 0 Å². The van der Waals surface area contributed by atoms with Crippen LogP contribution in [-0.4, -0.2) is 18.8 Å². The van der Waals surface area contributed by atoms with Gasteiger partial charge in [-0.2, -0.15) is 0 Å². The van der Waals surface area contributed by atoms with Crippen molar-refractivity contribution in [2.24, 2.45) is 0 Å². The van der Waals surface area contributed by atoms with Gasteiger partial charge in [0.05, 0.1) is 36.2 Å². The molecule has 0 unspecified atom stereocenters. The standard InChI is InChI=1S/C18H15Cl2NO3/c1-23-16-8-12-5-6-21(18(22)13(12)9-17(16)24-2)10-11-3-4-14(19)15(20)7-11/h3-9H,10H2,1-2H3. The van der Waals surface area contributed by atoms with Crippen molar-refractivity contribution in [3.63, 3.8) is 0 Å². The lowest BCUT2D eigenvalue weighted by Crippen LogP contribution is -2.20. The molecule has 1 heterocycles. The van der Waals surface area contributed by atoms with E-state index in [4.69, 9.17) is 32.7 Å². The molecule has 3 aromatic rings. The van der Waals surface area contributed by atoms with E-state index in [0.717, 1.165) is 10.9 Å².